The van der Waals surface area contributed by atoms with Crippen molar-refractivity contribution in [1.29, 1.82) is 0 Å². The lowest BCUT2D eigenvalue weighted by Crippen LogP contribution is -2.17. The van der Waals surface area contributed by atoms with Crippen LogP contribution in [0.5, 0.6) is 6.01 Å². The van der Waals surface area contributed by atoms with E-state index in [0.717, 1.165) is 5.56 Å². The summed E-state index contributed by atoms with van der Waals surface area (Å²) in [6, 6.07) is 7.47. The molecule has 0 aliphatic heterocycles. The van der Waals surface area contributed by atoms with Gasteiger partial charge in [0, 0.05) is 18.8 Å². The zero-order valence-corrected chi connectivity index (χ0v) is 12.1. The van der Waals surface area contributed by atoms with E-state index in [1.165, 1.54) is 18.3 Å². The molecular formula is C15H12FN5O2. The van der Waals surface area contributed by atoms with Gasteiger partial charge in [-0.3, -0.25) is 0 Å². The molecule has 3 rings (SSSR count). The third kappa shape index (κ3) is 3.00. The van der Waals surface area contributed by atoms with E-state index >= 15 is 0 Å². The molecule has 0 aliphatic carbocycles. The third-order valence-corrected chi connectivity index (χ3v) is 3.12. The van der Waals surface area contributed by atoms with E-state index in [2.05, 4.69) is 15.0 Å². The number of nitrogens with zero attached hydrogens (tertiary/aromatic N) is 4. The molecule has 1 aromatic carbocycles. The molecule has 0 saturated carbocycles. The molecule has 0 radical (unpaired) electrons. The normalized spacial score (nSPS) is 10.5. The molecule has 7 nitrogen and oxygen atoms in total. The standard InChI is InChI=1S/C15H12FN5O2/c1-21-8-19-12(9-2-4-10(16)5-3-9)13(21)11-6-7-18-15(20-11)23-14(17)22/h2-8H,1H3,(H2,17,22). The number of aromatic nitrogens is 4. The molecule has 2 heterocycles. The number of halogens is 1. The Hall–Kier alpha value is -3.29. The van der Waals surface area contributed by atoms with Gasteiger partial charge in [0.2, 0.25) is 0 Å². The lowest BCUT2D eigenvalue weighted by atomic mass is 10.1. The maximum absolute atomic E-state index is 13.1. The van der Waals surface area contributed by atoms with E-state index in [1.807, 2.05) is 0 Å². The molecular weight excluding hydrogens is 301 g/mol. The second-order valence-corrected chi connectivity index (χ2v) is 4.71. The maximum atomic E-state index is 13.1. The Bertz CT molecular complexity index is 861. The van der Waals surface area contributed by atoms with Crippen LogP contribution in [0, 0.1) is 5.82 Å². The number of primary amides is 1. The van der Waals surface area contributed by atoms with Crippen LogP contribution in [0.15, 0.2) is 42.9 Å². The van der Waals surface area contributed by atoms with E-state index in [4.69, 9.17) is 10.5 Å². The van der Waals surface area contributed by atoms with Crippen molar-refractivity contribution in [2.45, 2.75) is 0 Å². The summed E-state index contributed by atoms with van der Waals surface area (Å²) in [7, 11) is 1.80. The van der Waals surface area contributed by atoms with Crippen LogP contribution >= 0.6 is 0 Å². The predicted molar refractivity (Wildman–Crippen MR) is 79.8 cm³/mol. The van der Waals surface area contributed by atoms with Crippen molar-refractivity contribution in [3.05, 3.63) is 48.7 Å². The first-order valence-corrected chi connectivity index (χ1v) is 6.62. The molecule has 0 atom stereocenters. The van der Waals surface area contributed by atoms with Crippen LogP contribution in [0.25, 0.3) is 22.6 Å². The summed E-state index contributed by atoms with van der Waals surface area (Å²) in [6.07, 6.45) is 2.07. The van der Waals surface area contributed by atoms with Crippen molar-refractivity contribution in [2.75, 3.05) is 0 Å². The highest BCUT2D eigenvalue weighted by molar-refractivity contribution is 5.77. The molecule has 1 amide bonds. The van der Waals surface area contributed by atoms with E-state index in [0.29, 0.717) is 17.1 Å². The summed E-state index contributed by atoms with van der Waals surface area (Å²) in [6.45, 7) is 0. The Morgan fingerprint density at radius 2 is 1.96 bits per heavy atom. The van der Waals surface area contributed by atoms with Crippen LogP contribution < -0.4 is 10.5 Å². The van der Waals surface area contributed by atoms with Gasteiger partial charge in [-0.2, -0.15) is 4.98 Å². The van der Waals surface area contributed by atoms with E-state index < -0.39 is 6.09 Å². The van der Waals surface area contributed by atoms with Crippen LogP contribution in [-0.2, 0) is 7.05 Å². The molecule has 0 aliphatic rings. The van der Waals surface area contributed by atoms with Gasteiger partial charge in [0.25, 0.3) is 0 Å². The molecule has 116 valence electrons. The van der Waals surface area contributed by atoms with Gasteiger partial charge >= 0.3 is 12.1 Å². The average Bonchev–Trinajstić information content (AvgIpc) is 2.89. The van der Waals surface area contributed by atoms with Crippen LogP contribution in [0.1, 0.15) is 0 Å². The molecule has 0 unspecified atom stereocenters. The minimum atomic E-state index is -0.995. The summed E-state index contributed by atoms with van der Waals surface area (Å²) in [5.74, 6) is -0.328. The Morgan fingerprint density at radius 1 is 1.22 bits per heavy atom. The number of amides is 1. The van der Waals surface area contributed by atoms with Gasteiger partial charge in [0.05, 0.1) is 23.4 Å². The summed E-state index contributed by atoms with van der Waals surface area (Å²) in [4.78, 5) is 23.1. The van der Waals surface area contributed by atoms with Crippen molar-refractivity contribution >= 4 is 6.09 Å². The van der Waals surface area contributed by atoms with Gasteiger partial charge in [-0.1, -0.05) is 0 Å². The number of hydrogen-bond acceptors (Lipinski definition) is 5. The second kappa shape index (κ2) is 5.84. The first kappa shape index (κ1) is 14.6. The summed E-state index contributed by atoms with van der Waals surface area (Å²) < 4.78 is 19.5. The summed E-state index contributed by atoms with van der Waals surface area (Å²) >= 11 is 0. The molecule has 2 N–H and O–H groups in total. The van der Waals surface area contributed by atoms with Crippen LogP contribution in [-0.4, -0.2) is 25.6 Å². The molecule has 0 spiro atoms. The van der Waals surface area contributed by atoms with Crippen molar-refractivity contribution in [3.63, 3.8) is 0 Å². The molecule has 2 aromatic heterocycles. The molecule has 0 bridgehead atoms. The van der Waals surface area contributed by atoms with Gasteiger partial charge in [-0.05, 0) is 30.3 Å². The Kier molecular flexibility index (Phi) is 3.71. The zero-order valence-electron chi connectivity index (χ0n) is 12.1. The monoisotopic (exact) mass is 313 g/mol. The number of carbonyl (C=O) groups is 1. The van der Waals surface area contributed by atoms with Gasteiger partial charge < -0.3 is 15.0 Å². The van der Waals surface area contributed by atoms with Crippen molar-refractivity contribution in [3.8, 4) is 28.7 Å². The van der Waals surface area contributed by atoms with Gasteiger partial charge in [0.15, 0.2) is 0 Å². The number of rotatable bonds is 3. The lowest BCUT2D eigenvalue weighted by molar-refractivity contribution is 0.207. The van der Waals surface area contributed by atoms with Crippen molar-refractivity contribution in [2.24, 2.45) is 12.8 Å². The number of ether oxygens (including phenoxy) is 1. The summed E-state index contributed by atoms with van der Waals surface area (Å²) in [5.41, 5.74) is 7.49. The number of imidazole rings is 1. The highest BCUT2D eigenvalue weighted by Crippen LogP contribution is 2.30. The predicted octanol–water partition coefficient (Wildman–Crippen LogP) is 2.14. The van der Waals surface area contributed by atoms with Crippen LogP contribution in [0.3, 0.4) is 0 Å². The molecule has 8 heteroatoms. The quantitative estimate of drug-likeness (QED) is 0.799. The minimum Gasteiger partial charge on any atom is -0.374 e. The summed E-state index contributed by atoms with van der Waals surface area (Å²) in [5, 5.41) is 0. The fraction of sp³-hybridized carbons (Fsp3) is 0.0667. The molecule has 0 saturated heterocycles. The largest absolute Gasteiger partial charge is 0.412 e. The Morgan fingerprint density at radius 3 is 2.65 bits per heavy atom. The maximum Gasteiger partial charge on any atom is 0.412 e. The fourth-order valence-corrected chi connectivity index (χ4v) is 2.16. The smallest absolute Gasteiger partial charge is 0.374 e. The molecule has 0 fully saturated rings. The number of benzene rings is 1. The zero-order chi connectivity index (χ0) is 16.4. The van der Waals surface area contributed by atoms with Gasteiger partial charge in [0.1, 0.15) is 5.82 Å². The van der Waals surface area contributed by atoms with Crippen LogP contribution in [0.4, 0.5) is 9.18 Å². The van der Waals surface area contributed by atoms with Crippen molar-refractivity contribution in [1.82, 2.24) is 19.5 Å². The van der Waals surface area contributed by atoms with Gasteiger partial charge in [-0.15, -0.1) is 0 Å². The van der Waals surface area contributed by atoms with Crippen molar-refractivity contribution < 1.29 is 13.9 Å². The third-order valence-electron chi connectivity index (χ3n) is 3.12. The number of carbonyl (C=O) groups excluding carboxylic acids is 1. The highest BCUT2D eigenvalue weighted by atomic mass is 19.1. The number of nitrogens with two attached hydrogens (primary N) is 1. The van der Waals surface area contributed by atoms with Crippen LogP contribution in [0.2, 0.25) is 0 Å². The van der Waals surface area contributed by atoms with E-state index in [1.54, 1.807) is 36.1 Å². The van der Waals surface area contributed by atoms with E-state index in [-0.39, 0.29) is 11.8 Å². The first-order chi connectivity index (χ1) is 11.0. The SMILES string of the molecule is Cn1cnc(-c2ccc(F)cc2)c1-c1ccnc(OC(N)=O)n1. The lowest BCUT2D eigenvalue weighted by Gasteiger charge is -2.07. The highest BCUT2D eigenvalue weighted by Gasteiger charge is 2.16. The fourth-order valence-electron chi connectivity index (χ4n) is 2.16. The Labute approximate surface area is 130 Å². The Balaban J connectivity index is 2.08. The second-order valence-electron chi connectivity index (χ2n) is 4.71. The van der Waals surface area contributed by atoms with E-state index in [9.17, 15) is 9.18 Å². The molecule has 3 aromatic rings. The molecule has 23 heavy (non-hydrogen) atoms. The average molecular weight is 313 g/mol. The number of hydrogen-bond donors (Lipinski definition) is 1. The topological polar surface area (TPSA) is 95.9 Å². The van der Waals surface area contributed by atoms with Gasteiger partial charge in [-0.25, -0.2) is 19.2 Å². The first-order valence-electron chi connectivity index (χ1n) is 6.62. The minimum absolute atomic E-state index is 0.152. The number of aryl methyl sites for hydroxylation is 1.